The van der Waals surface area contributed by atoms with Gasteiger partial charge in [0.1, 0.15) is 11.6 Å². The number of benzene rings is 2. The first-order chi connectivity index (χ1) is 13.0. The number of nitrogens with one attached hydrogen (secondary N) is 2. The van der Waals surface area contributed by atoms with Crippen molar-refractivity contribution in [3.05, 3.63) is 63.6 Å². The fourth-order valence-corrected chi connectivity index (χ4v) is 2.81. The van der Waals surface area contributed by atoms with Crippen LogP contribution in [0.25, 0.3) is 0 Å². The Morgan fingerprint density at radius 3 is 2.25 bits per heavy atom. The van der Waals surface area contributed by atoms with Gasteiger partial charge in [0, 0.05) is 21.7 Å². The van der Waals surface area contributed by atoms with Crippen LogP contribution < -0.4 is 10.7 Å². The van der Waals surface area contributed by atoms with Crippen molar-refractivity contribution in [2.45, 2.75) is 32.7 Å². The lowest BCUT2D eigenvalue weighted by Crippen LogP contribution is -2.58. The molecule has 2 aromatic rings. The molecule has 0 saturated carbocycles. The minimum Gasteiger partial charge on any atom is -0.304 e. The Hall–Kier alpha value is -2.38. The van der Waals surface area contributed by atoms with Gasteiger partial charge in [0.05, 0.1) is 11.2 Å². The zero-order valence-corrected chi connectivity index (χ0v) is 17.0. The van der Waals surface area contributed by atoms with Crippen LogP contribution in [-0.2, 0) is 0 Å². The number of halogens is 4. The van der Waals surface area contributed by atoms with Crippen LogP contribution in [0.1, 0.15) is 37.6 Å². The number of carbonyl (C=O) groups is 2. The van der Waals surface area contributed by atoms with Gasteiger partial charge in [-0.1, -0.05) is 30.1 Å². The van der Waals surface area contributed by atoms with Crippen LogP contribution in [0.3, 0.4) is 0 Å². The zero-order chi connectivity index (χ0) is 21.1. The summed E-state index contributed by atoms with van der Waals surface area (Å²) in [6.07, 6.45) is 0.488. The summed E-state index contributed by atoms with van der Waals surface area (Å²) in [5.41, 5.74) is 1.40. The van der Waals surface area contributed by atoms with Gasteiger partial charge in [0.25, 0.3) is 5.91 Å². The van der Waals surface area contributed by atoms with E-state index in [0.717, 1.165) is 23.2 Å². The first kappa shape index (κ1) is 21.9. The van der Waals surface area contributed by atoms with Crippen molar-refractivity contribution in [2.75, 3.05) is 5.32 Å². The Bertz CT molecular complexity index is 886. The number of hydrazine groups is 1. The van der Waals surface area contributed by atoms with Gasteiger partial charge in [0.2, 0.25) is 0 Å². The average Bonchev–Trinajstić information content (AvgIpc) is 2.61. The van der Waals surface area contributed by atoms with Gasteiger partial charge in [-0.25, -0.2) is 24.0 Å². The van der Waals surface area contributed by atoms with Crippen molar-refractivity contribution < 1.29 is 18.4 Å². The minimum absolute atomic E-state index is 0.163. The molecule has 9 heteroatoms. The molecule has 150 valence electrons. The Morgan fingerprint density at radius 2 is 1.68 bits per heavy atom. The summed E-state index contributed by atoms with van der Waals surface area (Å²) in [6.45, 7) is 5.30. The number of anilines is 1. The maximum Gasteiger partial charge on any atom is 0.338 e. The molecule has 0 aliphatic rings. The summed E-state index contributed by atoms with van der Waals surface area (Å²) in [6, 6.07) is 6.05. The molecule has 0 fully saturated rings. The van der Waals surface area contributed by atoms with Gasteiger partial charge in [-0.2, -0.15) is 0 Å². The third kappa shape index (κ3) is 5.33. The van der Waals surface area contributed by atoms with Gasteiger partial charge in [0.15, 0.2) is 0 Å². The molecule has 0 bridgehead atoms. The highest BCUT2D eigenvalue weighted by atomic mass is 35.5. The Labute approximate surface area is 171 Å². The third-order valence-electron chi connectivity index (χ3n) is 4.17. The second-order valence-electron chi connectivity index (χ2n) is 6.65. The second-order valence-corrected chi connectivity index (χ2v) is 7.53. The first-order valence-corrected chi connectivity index (χ1v) is 9.12. The maximum atomic E-state index is 13.8. The molecule has 0 radical (unpaired) electrons. The molecule has 0 unspecified atom stereocenters. The smallest absolute Gasteiger partial charge is 0.304 e. The number of hydrogen-bond donors (Lipinski definition) is 2. The van der Waals surface area contributed by atoms with Gasteiger partial charge in [-0.3, -0.25) is 4.79 Å². The van der Waals surface area contributed by atoms with E-state index < -0.39 is 29.1 Å². The highest BCUT2D eigenvalue weighted by Gasteiger charge is 2.32. The summed E-state index contributed by atoms with van der Waals surface area (Å²) in [5.74, 6) is -2.09. The third-order valence-corrected chi connectivity index (χ3v) is 4.61. The molecular formula is C19H19Cl2F2N3O2. The summed E-state index contributed by atoms with van der Waals surface area (Å²) >= 11 is 11.9. The number of nitrogens with zero attached hydrogens (tertiary/aromatic N) is 1. The molecular weight excluding hydrogens is 411 g/mol. The lowest BCUT2D eigenvalue weighted by molar-refractivity contribution is 0.0406. The largest absolute Gasteiger partial charge is 0.338 e. The Kier molecular flexibility index (Phi) is 6.85. The Morgan fingerprint density at radius 1 is 1.07 bits per heavy atom. The van der Waals surface area contributed by atoms with Crippen LogP contribution in [-0.4, -0.2) is 22.5 Å². The molecule has 3 amide bonds. The molecule has 0 heterocycles. The van der Waals surface area contributed by atoms with Gasteiger partial charge >= 0.3 is 6.03 Å². The first-order valence-electron chi connectivity index (χ1n) is 8.37. The van der Waals surface area contributed by atoms with Crippen LogP contribution >= 0.6 is 23.2 Å². The Balaban J connectivity index is 2.29. The lowest BCUT2D eigenvalue weighted by Gasteiger charge is -2.37. The molecule has 0 aromatic heterocycles. The van der Waals surface area contributed by atoms with Crippen LogP contribution in [0.4, 0.5) is 19.3 Å². The molecule has 0 aliphatic carbocycles. The summed E-state index contributed by atoms with van der Waals surface area (Å²) < 4.78 is 27.1. The summed E-state index contributed by atoms with van der Waals surface area (Å²) in [7, 11) is 0. The van der Waals surface area contributed by atoms with Crippen LogP contribution in [0.15, 0.2) is 36.4 Å². The van der Waals surface area contributed by atoms with Crippen molar-refractivity contribution in [1.82, 2.24) is 10.4 Å². The van der Waals surface area contributed by atoms with E-state index in [9.17, 15) is 18.4 Å². The number of rotatable bonds is 4. The standard InChI is InChI=1S/C19H19Cl2F2N3O2/c1-4-19(2,3)26(17(27)11-7-12(20)9-13(21)8-11)25-18(28)24-16-10-14(22)5-6-15(16)23/h5-10H,4H2,1-3H3,(H2,24,25,28). The number of amides is 3. The highest BCUT2D eigenvalue weighted by molar-refractivity contribution is 6.35. The number of hydrogen-bond acceptors (Lipinski definition) is 2. The van der Waals surface area contributed by atoms with E-state index in [1.807, 2.05) is 6.92 Å². The van der Waals surface area contributed by atoms with Gasteiger partial charge in [-0.05, 0) is 50.6 Å². The molecule has 5 nitrogen and oxygen atoms in total. The normalized spacial score (nSPS) is 11.1. The molecule has 0 saturated heterocycles. The number of carbonyl (C=O) groups excluding carboxylic acids is 2. The predicted octanol–water partition coefficient (Wildman–Crippen LogP) is 5.64. The summed E-state index contributed by atoms with van der Waals surface area (Å²) in [5, 5.41) is 3.82. The highest BCUT2D eigenvalue weighted by Crippen LogP contribution is 2.24. The van der Waals surface area contributed by atoms with Crippen LogP contribution in [0.2, 0.25) is 10.0 Å². The molecule has 2 N–H and O–H groups in total. The number of urea groups is 1. The van der Waals surface area contributed by atoms with Crippen molar-refractivity contribution in [3.8, 4) is 0 Å². The van der Waals surface area contributed by atoms with E-state index in [-0.39, 0.29) is 21.3 Å². The van der Waals surface area contributed by atoms with E-state index in [4.69, 9.17) is 23.2 Å². The molecule has 0 atom stereocenters. The predicted molar refractivity (Wildman–Crippen MR) is 106 cm³/mol. The van der Waals surface area contributed by atoms with Crippen molar-refractivity contribution in [1.29, 1.82) is 0 Å². The fraction of sp³-hybridized carbons (Fsp3) is 0.263. The molecule has 0 aliphatic heterocycles. The van der Waals surface area contributed by atoms with Crippen LogP contribution in [0.5, 0.6) is 0 Å². The molecule has 2 aromatic carbocycles. The van der Waals surface area contributed by atoms with E-state index in [0.29, 0.717) is 6.42 Å². The van der Waals surface area contributed by atoms with E-state index in [2.05, 4.69) is 10.7 Å². The quantitative estimate of drug-likeness (QED) is 0.617. The molecule has 0 spiro atoms. The monoisotopic (exact) mass is 429 g/mol. The second kappa shape index (κ2) is 8.75. The van der Waals surface area contributed by atoms with Crippen molar-refractivity contribution in [2.24, 2.45) is 0 Å². The van der Waals surface area contributed by atoms with Crippen molar-refractivity contribution in [3.63, 3.8) is 0 Å². The van der Waals surface area contributed by atoms with E-state index in [1.54, 1.807) is 13.8 Å². The molecule has 2 rings (SSSR count). The zero-order valence-electron chi connectivity index (χ0n) is 15.4. The van der Waals surface area contributed by atoms with E-state index in [1.165, 1.54) is 18.2 Å². The fourth-order valence-electron chi connectivity index (χ4n) is 2.29. The van der Waals surface area contributed by atoms with Crippen molar-refractivity contribution >= 4 is 40.8 Å². The van der Waals surface area contributed by atoms with Gasteiger partial charge in [-0.15, -0.1) is 0 Å². The SMILES string of the molecule is CCC(C)(C)N(NC(=O)Nc1cc(F)ccc1F)C(=O)c1cc(Cl)cc(Cl)c1. The maximum absolute atomic E-state index is 13.8. The minimum atomic E-state index is -0.910. The lowest BCUT2D eigenvalue weighted by atomic mass is 10.00. The topological polar surface area (TPSA) is 61.4 Å². The average molecular weight is 430 g/mol. The van der Waals surface area contributed by atoms with Crippen LogP contribution in [0, 0.1) is 11.6 Å². The molecule has 28 heavy (non-hydrogen) atoms. The van der Waals surface area contributed by atoms with E-state index >= 15 is 0 Å². The van der Waals surface area contributed by atoms with Gasteiger partial charge < -0.3 is 5.32 Å². The summed E-state index contributed by atoms with van der Waals surface area (Å²) in [4.78, 5) is 25.4.